The molecule has 0 aliphatic rings. The zero-order valence-electron chi connectivity index (χ0n) is 10.4. The number of phenols is 1. The van der Waals surface area contributed by atoms with Crippen molar-refractivity contribution in [1.29, 1.82) is 0 Å². The number of hydrogen-bond acceptors (Lipinski definition) is 6. The molecule has 0 aliphatic heterocycles. The number of carbonyl (C=O) groups excluding carboxylic acids is 1. The molecule has 1 aromatic rings. The van der Waals surface area contributed by atoms with Crippen molar-refractivity contribution in [2.75, 3.05) is 19.3 Å². The van der Waals surface area contributed by atoms with Crippen LogP contribution in [0.5, 0.6) is 5.75 Å². The Morgan fingerprint density at radius 2 is 2.22 bits per heavy atom. The van der Waals surface area contributed by atoms with Crippen LogP contribution in [0.3, 0.4) is 0 Å². The number of benzene rings is 1. The van der Waals surface area contributed by atoms with Crippen molar-refractivity contribution in [3.8, 4) is 5.75 Å². The molecule has 100 valence electrons. The van der Waals surface area contributed by atoms with Crippen LogP contribution in [0.25, 0.3) is 0 Å². The fourth-order valence-electron chi connectivity index (χ4n) is 1.72. The first-order valence-corrected chi connectivity index (χ1v) is 5.79. The predicted molar refractivity (Wildman–Crippen MR) is 71.0 cm³/mol. The van der Waals surface area contributed by atoms with Crippen LogP contribution in [-0.2, 0) is 4.79 Å². The number of aromatic hydroxyl groups is 1. The number of hydrogen-bond donors (Lipinski definition) is 5. The maximum atomic E-state index is 10.9. The maximum Gasteiger partial charge on any atom is 0.137 e. The Bertz CT molecular complexity index is 398. The van der Waals surface area contributed by atoms with E-state index in [4.69, 9.17) is 11.5 Å². The summed E-state index contributed by atoms with van der Waals surface area (Å²) in [6.45, 7) is 0.412. The normalized spacial score (nSPS) is 14.1. The van der Waals surface area contributed by atoms with Crippen LogP contribution in [0.2, 0.25) is 0 Å². The minimum Gasteiger partial charge on any atom is -0.508 e. The van der Waals surface area contributed by atoms with Gasteiger partial charge in [-0.3, -0.25) is 5.32 Å². The molecule has 0 amide bonds. The van der Waals surface area contributed by atoms with E-state index >= 15 is 0 Å². The van der Waals surface area contributed by atoms with Crippen LogP contribution in [0.4, 0.5) is 5.69 Å². The highest BCUT2D eigenvalue weighted by Gasteiger charge is 2.17. The molecule has 0 aliphatic carbocycles. The lowest BCUT2D eigenvalue weighted by Gasteiger charge is -2.23. The topological polar surface area (TPSA) is 113 Å². The lowest BCUT2D eigenvalue weighted by Crippen LogP contribution is -2.41. The quantitative estimate of drug-likeness (QED) is 0.197. The molecule has 7 N–H and O–H groups in total. The largest absolute Gasteiger partial charge is 0.508 e. The fourth-order valence-corrected chi connectivity index (χ4v) is 1.72. The second kappa shape index (κ2) is 6.95. The first-order chi connectivity index (χ1) is 8.62. The van der Waals surface area contributed by atoms with Gasteiger partial charge in [0.15, 0.2) is 0 Å². The van der Waals surface area contributed by atoms with E-state index < -0.39 is 0 Å². The third kappa shape index (κ3) is 3.69. The standard InChI is InChI=1S/C12H20N4O2/c1-15-12(16-9(7-17)4-5-13)10-6-8(14)2-3-11(10)18/h2-3,6-7,9,12,15-16,18H,4-5,13-14H2,1H3. The van der Waals surface area contributed by atoms with Gasteiger partial charge in [-0.25, -0.2) is 0 Å². The maximum absolute atomic E-state index is 10.9. The Hall–Kier alpha value is -1.63. The summed E-state index contributed by atoms with van der Waals surface area (Å²) in [4.78, 5) is 10.9. The molecule has 0 saturated heterocycles. The number of phenolic OH excluding ortho intramolecular Hbond substituents is 1. The molecular weight excluding hydrogens is 232 g/mol. The summed E-state index contributed by atoms with van der Waals surface area (Å²) in [6, 6.07) is 4.43. The summed E-state index contributed by atoms with van der Waals surface area (Å²) < 4.78 is 0. The van der Waals surface area contributed by atoms with E-state index in [0.29, 0.717) is 24.2 Å². The molecule has 1 aromatic carbocycles. The molecule has 0 aromatic heterocycles. The molecule has 6 heteroatoms. The second-order valence-electron chi connectivity index (χ2n) is 4.03. The molecule has 0 spiro atoms. The molecule has 2 unspecified atom stereocenters. The van der Waals surface area contributed by atoms with E-state index in [1.54, 1.807) is 19.2 Å². The molecule has 0 heterocycles. The van der Waals surface area contributed by atoms with E-state index in [-0.39, 0.29) is 18.0 Å². The zero-order chi connectivity index (χ0) is 13.5. The lowest BCUT2D eigenvalue weighted by atomic mass is 10.1. The van der Waals surface area contributed by atoms with E-state index in [1.165, 1.54) is 6.07 Å². The SMILES string of the molecule is CNC(NC(C=O)CCN)c1cc(N)ccc1O. The summed E-state index contributed by atoms with van der Waals surface area (Å²) in [5.41, 5.74) is 12.3. The van der Waals surface area contributed by atoms with Gasteiger partial charge >= 0.3 is 0 Å². The molecule has 0 fully saturated rings. The highest BCUT2D eigenvalue weighted by molar-refractivity contribution is 5.58. The molecule has 0 radical (unpaired) electrons. The highest BCUT2D eigenvalue weighted by Crippen LogP contribution is 2.25. The van der Waals surface area contributed by atoms with Crippen LogP contribution in [-0.4, -0.2) is 31.0 Å². The third-order valence-corrected chi connectivity index (χ3v) is 2.67. The van der Waals surface area contributed by atoms with Gasteiger partial charge in [-0.05, 0) is 38.2 Å². The number of anilines is 1. The first kappa shape index (κ1) is 14.4. The van der Waals surface area contributed by atoms with E-state index in [2.05, 4.69) is 10.6 Å². The first-order valence-electron chi connectivity index (χ1n) is 5.79. The average molecular weight is 252 g/mol. The van der Waals surface area contributed by atoms with Gasteiger partial charge in [-0.15, -0.1) is 0 Å². The van der Waals surface area contributed by atoms with E-state index in [0.717, 1.165) is 6.29 Å². The predicted octanol–water partition coefficient (Wildman–Crippen LogP) is -0.302. The molecule has 18 heavy (non-hydrogen) atoms. The number of nitrogen functional groups attached to an aromatic ring is 1. The Morgan fingerprint density at radius 1 is 1.50 bits per heavy atom. The van der Waals surface area contributed by atoms with Crippen molar-refractivity contribution in [1.82, 2.24) is 10.6 Å². The molecule has 0 saturated carbocycles. The van der Waals surface area contributed by atoms with Gasteiger partial charge in [-0.1, -0.05) is 0 Å². The number of aldehydes is 1. The van der Waals surface area contributed by atoms with Crippen molar-refractivity contribution in [2.24, 2.45) is 5.73 Å². The number of nitrogens with one attached hydrogen (secondary N) is 2. The molecule has 2 atom stereocenters. The van der Waals surface area contributed by atoms with Crippen LogP contribution in [0.1, 0.15) is 18.2 Å². The Morgan fingerprint density at radius 3 is 2.78 bits per heavy atom. The molecular formula is C12H20N4O2. The van der Waals surface area contributed by atoms with Gasteiger partial charge in [0, 0.05) is 11.3 Å². The Balaban J connectivity index is 2.88. The number of rotatable bonds is 7. The van der Waals surface area contributed by atoms with Gasteiger partial charge in [0.1, 0.15) is 12.0 Å². The van der Waals surface area contributed by atoms with Crippen LogP contribution >= 0.6 is 0 Å². The lowest BCUT2D eigenvalue weighted by molar-refractivity contribution is -0.109. The fraction of sp³-hybridized carbons (Fsp3) is 0.417. The second-order valence-corrected chi connectivity index (χ2v) is 4.03. The van der Waals surface area contributed by atoms with E-state index in [9.17, 15) is 9.90 Å². The van der Waals surface area contributed by atoms with Gasteiger partial charge in [0.25, 0.3) is 0 Å². The zero-order valence-corrected chi connectivity index (χ0v) is 10.4. The molecule has 6 nitrogen and oxygen atoms in total. The van der Waals surface area contributed by atoms with Gasteiger partial charge < -0.3 is 26.7 Å². The smallest absolute Gasteiger partial charge is 0.137 e. The Kier molecular flexibility index (Phi) is 5.57. The summed E-state index contributed by atoms with van der Waals surface area (Å²) in [5.74, 6) is 0.119. The third-order valence-electron chi connectivity index (χ3n) is 2.67. The summed E-state index contributed by atoms with van der Waals surface area (Å²) in [6.07, 6.45) is 0.973. The average Bonchev–Trinajstić information content (AvgIpc) is 2.37. The summed E-state index contributed by atoms with van der Waals surface area (Å²) in [7, 11) is 1.73. The van der Waals surface area contributed by atoms with Crippen molar-refractivity contribution in [3.63, 3.8) is 0 Å². The summed E-state index contributed by atoms with van der Waals surface area (Å²) >= 11 is 0. The van der Waals surface area contributed by atoms with Gasteiger partial charge in [-0.2, -0.15) is 0 Å². The van der Waals surface area contributed by atoms with Gasteiger partial charge in [0.05, 0.1) is 12.2 Å². The van der Waals surface area contributed by atoms with Crippen LogP contribution in [0.15, 0.2) is 18.2 Å². The number of carbonyl (C=O) groups is 1. The minimum atomic E-state index is -0.367. The summed E-state index contributed by atoms with van der Waals surface area (Å²) in [5, 5.41) is 15.9. The monoisotopic (exact) mass is 252 g/mol. The van der Waals surface area contributed by atoms with Crippen molar-refractivity contribution < 1.29 is 9.90 Å². The van der Waals surface area contributed by atoms with E-state index in [1.807, 2.05) is 0 Å². The minimum absolute atomic E-state index is 0.119. The molecule has 0 bridgehead atoms. The van der Waals surface area contributed by atoms with Crippen LogP contribution < -0.4 is 22.1 Å². The van der Waals surface area contributed by atoms with Crippen LogP contribution in [0, 0.1) is 0 Å². The number of nitrogens with two attached hydrogens (primary N) is 2. The highest BCUT2D eigenvalue weighted by atomic mass is 16.3. The molecule has 1 rings (SSSR count). The van der Waals surface area contributed by atoms with Crippen molar-refractivity contribution >= 4 is 12.0 Å². The Labute approximate surface area is 106 Å². The van der Waals surface area contributed by atoms with Crippen molar-refractivity contribution in [3.05, 3.63) is 23.8 Å². The van der Waals surface area contributed by atoms with Crippen molar-refractivity contribution in [2.45, 2.75) is 18.6 Å². The van der Waals surface area contributed by atoms with Gasteiger partial charge in [0.2, 0.25) is 0 Å².